The normalized spacial score (nSPS) is 11.6. The monoisotopic (exact) mass is 385 g/mol. The molecule has 0 spiro atoms. The predicted octanol–water partition coefficient (Wildman–Crippen LogP) is 4.02. The highest BCUT2D eigenvalue weighted by Gasteiger charge is 2.15. The number of ether oxygens (including phenoxy) is 1. The van der Waals surface area contributed by atoms with Gasteiger partial charge in [-0.2, -0.15) is 0 Å². The van der Waals surface area contributed by atoms with Crippen LogP contribution >= 0.6 is 0 Å². The summed E-state index contributed by atoms with van der Waals surface area (Å²) in [6, 6.07) is 3.74. The lowest BCUT2D eigenvalue weighted by molar-refractivity contribution is -0.121. The van der Waals surface area contributed by atoms with E-state index in [2.05, 4.69) is 5.32 Å². The van der Waals surface area contributed by atoms with E-state index in [-0.39, 0.29) is 18.4 Å². The lowest BCUT2D eigenvalue weighted by Gasteiger charge is -2.09. The maximum Gasteiger partial charge on any atom is 0.339 e. The fraction of sp³-hybridized carbons (Fsp3) is 0.455. The molecule has 0 saturated heterocycles. The van der Waals surface area contributed by atoms with E-state index in [1.54, 1.807) is 12.3 Å². The fourth-order valence-electron chi connectivity index (χ4n) is 3.27. The Kier molecular flexibility index (Phi) is 6.19. The number of amides is 1. The maximum absolute atomic E-state index is 12.4. The Balaban J connectivity index is 1.69. The van der Waals surface area contributed by atoms with Crippen molar-refractivity contribution in [2.45, 2.75) is 53.1 Å². The second-order valence-corrected chi connectivity index (χ2v) is 7.38. The molecule has 0 bridgehead atoms. The maximum atomic E-state index is 12.4. The Morgan fingerprint density at radius 2 is 1.96 bits per heavy atom. The molecular formula is C22H27NO5. The zero-order valence-electron chi connectivity index (χ0n) is 16.9. The van der Waals surface area contributed by atoms with Gasteiger partial charge in [0.05, 0.1) is 12.4 Å². The molecule has 3 rings (SSSR count). The number of benzene rings is 1. The Morgan fingerprint density at radius 1 is 1.18 bits per heavy atom. The summed E-state index contributed by atoms with van der Waals surface area (Å²) in [6.07, 6.45) is 3.24. The summed E-state index contributed by atoms with van der Waals surface area (Å²) in [5.41, 5.74) is 3.23. The van der Waals surface area contributed by atoms with Gasteiger partial charge in [-0.3, -0.25) is 4.79 Å². The first-order valence-corrected chi connectivity index (χ1v) is 9.69. The third-order valence-corrected chi connectivity index (χ3v) is 4.87. The minimum atomic E-state index is -0.397. The van der Waals surface area contributed by atoms with Crippen LogP contribution in [0.25, 0.3) is 21.9 Å². The highest BCUT2D eigenvalue weighted by atomic mass is 16.5. The Morgan fingerprint density at radius 3 is 2.71 bits per heavy atom. The molecule has 3 aromatic rings. The molecule has 1 aromatic carbocycles. The molecule has 2 heterocycles. The molecule has 0 fully saturated rings. The number of carbonyl (C=O) groups excluding carboxylic acids is 1. The second-order valence-electron chi connectivity index (χ2n) is 7.38. The van der Waals surface area contributed by atoms with E-state index in [4.69, 9.17) is 13.6 Å². The van der Waals surface area contributed by atoms with Gasteiger partial charge in [0.25, 0.3) is 0 Å². The largest absolute Gasteiger partial charge is 0.464 e. The van der Waals surface area contributed by atoms with Crippen LogP contribution < -0.4 is 10.9 Å². The van der Waals surface area contributed by atoms with Crippen molar-refractivity contribution >= 4 is 27.8 Å². The van der Waals surface area contributed by atoms with Gasteiger partial charge in [-0.1, -0.05) is 0 Å². The van der Waals surface area contributed by atoms with Crippen LogP contribution in [0.3, 0.4) is 0 Å². The Labute approximate surface area is 163 Å². The number of hydrogen-bond donors (Lipinski definition) is 1. The first-order chi connectivity index (χ1) is 13.4. The molecule has 0 aliphatic carbocycles. The van der Waals surface area contributed by atoms with Crippen LogP contribution in [0.1, 0.15) is 43.4 Å². The summed E-state index contributed by atoms with van der Waals surface area (Å²) in [5, 5.41) is 4.74. The molecular weight excluding hydrogens is 358 g/mol. The summed E-state index contributed by atoms with van der Waals surface area (Å²) in [6.45, 7) is 9.02. The first-order valence-electron chi connectivity index (χ1n) is 9.69. The van der Waals surface area contributed by atoms with Crippen LogP contribution in [0.2, 0.25) is 0 Å². The van der Waals surface area contributed by atoms with Crippen molar-refractivity contribution in [3.05, 3.63) is 45.5 Å². The van der Waals surface area contributed by atoms with Crippen molar-refractivity contribution in [3.8, 4) is 0 Å². The summed E-state index contributed by atoms with van der Waals surface area (Å²) >= 11 is 0. The SMILES string of the molecule is Cc1coc2cc3oc(=O)c(CCC(=O)NCCCOC(C)C)c(C)c3cc12. The molecule has 0 aliphatic rings. The molecule has 0 unspecified atom stereocenters. The minimum Gasteiger partial charge on any atom is -0.464 e. The quantitative estimate of drug-likeness (QED) is 0.468. The zero-order valence-corrected chi connectivity index (χ0v) is 16.9. The molecule has 1 N–H and O–H groups in total. The molecule has 150 valence electrons. The average Bonchev–Trinajstić information content (AvgIpc) is 2.99. The van der Waals surface area contributed by atoms with E-state index < -0.39 is 5.63 Å². The van der Waals surface area contributed by atoms with Gasteiger partial charge < -0.3 is 18.9 Å². The van der Waals surface area contributed by atoms with Crippen molar-refractivity contribution in [1.82, 2.24) is 5.32 Å². The zero-order chi connectivity index (χ0) is 20.3. The van der Waals surface area contributed by atoms with Gasteiger partial charge in [0.1, 0.15) is 11.2 Å². The van der Waals surface area contributed by atoms with Crippen LogP contribution in [0.4, 0.5) is 0 Å². The van der Waals surface area contributed by atoms with Gasteiger partial charge in [-0.15, -0.1) is 0 Å². The van der Waals surface area contributed by atoms with Gasteiger partial charge in [0.15, 0.2) is 0 Å². The van der Waals surface area contributed by atoms with Gasteiger partial charge >= 0.3 is 5.63 Å². The molecule has 0 saturated carbocycles. The van der Waals surface area contributed by atoms with Crippen LogP contribution in [-0.4, -0.2) is 25.2 Å². The molecule has 0 atom stereocenters. The molecule has 6 nitrogen and oxygen atoms in total. The molecule has 0 radical (unpaired) electrons. The smallest absolute Gasteiger partial charge is 0.339 e. The predicted molar refractivity (Wildman–Crippen MR) is 109 cm³/mol. The summed E-state index contributed by atoms with van der Waals surface area (Å²) < 4.78 is 16.4. The van der Waals surface area contributed by atoms with Crippen molar-refractivity contribution in [1.29, 1.82) is 0 Å². The third kappa shape index (κ3) is 4.44. The van der Waals surface area contributed by atoms with E-state index in [0.29, 0.717) is 36.3 Å². The second kappa shape index (κ2) is 8.61. The van der Waals surface area contributed by atoms with E-state index >= 15 is 0 Å². The van der Waals surface area contributed by atoms with Gasteiger partial charge in [0.2, 0.25) is 5.91 Å². The number of aryl methyl sites for hydroxylation is 2. The van der Waals surface area contributed by atoms with Gasteiger partial charge in [-0.05, 0) is 57.7 Å². The van der Waals surface area contributed by atoms with Crippen molar-refractivity contribution < 1.29 is 18.4 Å². The van der Waals surface area contributed by atoms with Crippen molar-refractivity contribution in [3.63, 3.8) is 0 Å². The highest BCUT2D eigenvalue weighted by Crippen LogP contribution is 2.28. The first kappa shape index (κ1) is 20.1. The number of furan rings is 1. The number of carbonyl (C=O) groups is 1. The Bertz CT molecular complexity index is 1040. The van der Waals surface area contributed by atoms with Crippen molar-refractivity contribution in [2.24, 2.45) is 0 Å². The lowest BCUT2D eigenvalue weighted by Crippen LogP contribution is -2.26. The van der Waals surface area contributed by atoms with E-state index in [1.165, 1.54) is 0 Å². The molecule has 2 aromatic heterocycles. The molecule has 1 amide bonds. The Hall–Kier alpha value is -2.60. The third-order valence-electron chi connectivity index (χ3n) is 4.87. The molecule has 0 aliphatic heterocycles. The van der Waals surface area contributed by atoms with Crippen molar-refractivity contribution in [2.75, 3.05) is 13.2 Å². The number of hydrogen-bond acceptors (Lipinski definition) is 5. The van der Waals surface area contributed by atoms with Crippen LogP contribution in [0.5, 0.6) is 0 Å². The van der Waals surface area contributed by atoms with Crippen LogP contribution in [0, 0.1) is 13.8 Å². The number of rotatable bonds is 8. The standard InChI is InChI=1S/C22H27NO5/c1-13(2)26-9-5-8-23-21(24)7-6-16-15(4)18-10-17-14(3)12-27-19(17)11-20(18)28-22(16)25/h10-13H,5-9H2,1-4H3,(H,23,24). The van der Waals surface area contributed by atoms with E-state index in [9.17, 15) is 9.59 Å². The highest BCUT2D eigenvalue weighted by molar-refractivity contribution is 5.96. The number of fused-ring (bicyclic) bond motifs is 2. The summed E-state index contributed by atoms with van der Waals surface area (Å²) in [7, 11) is 0. The topological polar surface area (TPSA) is 81.7 Å². The molecule has 28 heavy (non-hydrogen) atoms. The van der Waals surface area contributed by atoms with Crippen LogP contribution in [-0.2, 0) is 16.0 Å². The molecule has 6 heteroatoms. The summed E-state index contributed by atoms with van der Waals surface area (Å²) in [4.78, 5) is 24.5. The number of nitrogens with one attached hydrogen (secondary N) is 1. The summed E-state index contributed by atoms with van der Waals surface area (Å²) in [5.74, 6) is -0.0791. The van der Waals surface area contributed by atoms with Gasteiger partial charge in [0, 0.05) is 42.0 Å². The van der Waals surface area contributed by atoms with E-state index in [0.717, 1.165) is 28.3 Å². The lowest BCUT2D eigenvalue weighted by atomic mass is 10.0. The average molecular weight is 385 g/mol. The van der Waals surface area contributed by atoms with Crippen LogP contribution in [0.15, 0.2) is 32.0 Å². The fourth-order valence-corrected chi connectivity index (χ4v) is 3.27. The minimum absolute atomic E-state index is 0.0791. The van der Waals surface area contributed by atoms with E-state index in [1.807, 2.05) is 33.8 Å². The van der Waals surface area contributed by atoms with Gasteiger partial charge in [-0.25, -0.2) is 4.79 Å².